The molecule has 0 bridgehead atoms. The third-order valence-corrected chi connectivity index (χ3v) is 1.45. The van der Waals surface area contributed by atoms with Crippen molar-refractivity contribution in [3.05, 3.63) is 17.9 Å². The molecular weight excluding hydrogens is 163 g/mol. The number of hydrogen-bond acceptors (Lipinski definition) is 3. The van der Waals surface area contributed by atoms with Crippen molar-refractivity contribution in [2.75, 3.05) is 14.2 Å². The lowest BCUT2D eigenvalue weighted by molar-refractivity contribution is 0.352. The fourth-order valence-corrected chi connectivity index (χ4v) is 0.844. The normalized spacial score (nSPS) is 9.58. The maximum absolute atomic E-state index is 12.9. The Morgan fingerprint density at radius 3 is 2.25 bits per heavy atom. The summed E-state index contributed by atoms with van der Waals surface area (Å²) in [4.78, 5) is 0. The lowest BCUT2D eigenvalue weighted by atomic mass is 10.3. The molecule has 0 fully saturated rings. The molecule has 0 aliphatic rings. The fraction of sp³-hybridized carbons (Fsp3) is 0.250. The Balaban J connectivity index is 3.16. The van der Waals surface area contributed by atoms with Gasteiger partial charge in [-0.3, -0.25) is 0 Å². The minimum Gasteiger partial charge on any atom is -0.504 e. The number of hydrogen-bond donors (Lipinski definition) is 1. The highest BCUT2D eigenvalue weighted by molar-refractivity contribution is 5.45. The van der Waals surface area contributed by atoms with E-state index >= 15 is 0 Å². The van der Waals surface area contributed by atoms with E-state index in [1.165, 1.54) is 14.2 Å². The zero-order valence-corrected chi connectivity index (χ0v) is 6.80. The van der Waals surface area contributed by atoms with Gasteiger partial charge in [-0.2, -0.15) is 0 Å². The second-order valence-corrected chi connectivity index (χ2v) is 2.16. The van der Waals surface area contributed by atoms with Crippen molar-refractivity contribution in [1.29, 1.82) is 0 Å². The monoisotopic (exact) mass is 172 g/mol. The number of halogens is 1. The van der Waals surface area contributed by atoms with Crippen LogP contribution in [0.4, 0.5) is 4.39 Å². The molecule has 0 aromatic heterocycles. The van der Waals surface area contributed by atoms with Crippen molar-refractivity contribution in [1.82, 2.24) is 0 Å². The Morgan fingerprint density at radius 1 is 1.17 bits per heavy atom. The highest BCUT2D eigenvalue weighted by Gasteiger charge is 2.08. The lowest BCUT2D eigenvalue weighted by Gasteiger charge is -2.06. The molecule has 3 nitrogen and oxygen atoms in total. The quantitative estimate of drug-likeness (QED) is 0.735. The minimum atomic E-state index is -0.563. The molecular formula is C8H9FO3. The molecule has 1 rings (SSSR count). The van der Waals surface area contributed by atoms with Gasteiger partial charge in [0.25, 0.3) is 0 Å². The predicted octanol–water partition coefficient (Wildman–Crippen LogP) is 1.55. The van der Waals surface area contributed by atoms with Crippen LogP contribution in [0.2, 0.25) is 0 Å². The Hall–Kier alpha value is -1.45. The van der Waals surface area contributed by atoms with E-state index in [4.69, 9.17) is 0 Å². The summed E-state index contributed by atoms with van der Waals surface area (Å²) in [5.41, 5.74) is 0. The molecule has 0 radical (unpaired) electrons. The van der Waals surface area contributed by atoms with Gasteiger partial charge in [-0.05, 0) is 0 Å². The minimum absolute atomic E-state index is 0.00620. The van der Waals surface area contributed by atoms with Gasteiger partial charge in [0, 0.05) is 12.1 Å². The summed E-state index contributed by atoms with van der Waals surface area (Å²) in [6, 6.07) is 2.22. The first-order valence-electron chi connectivity index (χ1n) is 3.29. The van der Waals surface area contributed by atoms with Crippen LogP contribution in [-0.2, 0) is 0 Å². The summed E-state index contributed by atoms with van der Waals surface area (Å²) in [7, 11) is 2.67. The summed E-state index contributed by atoms with van der Waals surface area (Å²) < 4.78 is 22.2. The van der Waals surface area contributed by atoms with Crippen LogP contribution in [-0.4, -0.2) is 19.3 Å². The largest absolute Gasteiger partial charge is 0.504 e. The first-order valence-corrected chi connectivity index (χ1v) is 3.29. The second kappa shape index (κ2) is 3.30. The summed E-state index contributed by atoms with van der Waals surface area (Å²) >= 11 is 0. The highest BCUT2D eigenvalue weighted by atomic mass is 19.1. The van der Waals surface area contributed by atoms with E-state index in [9.17, 15) is 9.50 Å². The molecule has 0 heterocycles. The van der Waals surface area contributed by atoms with Crippen LogP contribution < -0.4 is 9.47 Å². The standard InChI is InChI=1S/C8H9FO3/c1-11-7-4-6(10)8(12-2)3-5(7)9/h3-4,10H,1-2H3. The zero-order valence-electron chi connectivity index (χ0n) is 6.80. The molecule has 0 amide bonds. The zero-order chi connectivity index (χ0) is 9.14. The van der Waals surface area contributed by atoms with Crippen molar-refractivity contribution >= 4 is 0 Å². The SMILES string of the molecule is COc1cc(F)c(OC)cc1O. The first kappa shape index (κ1) is 8.64. The van der Waals surface area contributed by atoms with Crippen LogP contribution in [0.15, 0.2) is 12.1 Å². The van der Waals surface area contributed by atoms with E-state index < -0.39 is 5.82 Å². The van der Waals surface area contributed by atoms with Crippen LogP contribution in [0, 0.1) is 5.82 Å². The van der Waals surface area contributed by atoms with E-state index in [1.807, 2.05) is 0 Å². The molecule has 66 valence electrons. The van der Waals surface area contributed by atoms with E-state index in [2.05, 4.69) is 9.47 Å². The molecule has 0 saturated carbocycles. The summed E-state index contributed by atoms with van der Waals surface area (Å²) in [5.74, 6) is -0.621. The van der Waals surface area contributed by atoms with E-state index in [-0.39, 0.29) is 17.2 Å². The van der Waals surface area contributed by atoms with Crippen molar-refractivity contribution in [3.63, 3.8) is 0 Å². The molecule has 0 spiro atoms. The Bertz CT molecular complexity index is 256. The van der Waals surface area contributed by atoms with Gasteiger partial charge < -0.3 is 14.6 Å². The highest BCUT2D eigenvalue weighted by Crippen LogP contribution is 2.32. The number of phenolic OH excluding ortho intramolecular Hbond substituents is 1. The van der Waals surface area contributed by atoms with Gasteiger partial charge in [-0.25, -0.2) is 4.39 Å². The number of rotatable bonds is 2. The van der Waals surface area contributed by atoms with Gasteiger partial charge in [0.05, 0.1) is 14.2 Å². The van der Waals surface area contributed by atoms with Crippen molar-refractivity contribution in [2.24, 2.45) is 0 Å². The van der Waals surface area contributed by atoms with E-state index in [0.29, 0.717) is 0 Å². The average molecular weight is 172 g/mol. The molecule has 0 atom stereocenters. The number of ether oxygens (including phenoxy) is 2. The third kappa shape index (κ3) is 1.42. The number of aromatic hydroxyl groups is 1. The molecule has 12 heavy (non-hydrogen) atoms. The van der Waals surface area contributed by atoms with Crippen LogP contribution in [0.5, 0.6) is 17.2 Å². The molecule has 0 aliphatic heterocycles. The average Bonchev–Trinajstić information content (AvgIpc) is 2.08. The van der Waals surface area contributed by atoms with E-state index in [1.54, 1.807) is 0 Å². The molecule has 0 unspecified atom stereocenters. The number of benzene rings is 1. The first-order chi connectivity index (χ1) is 5.69. The second-order valence-electron chi connectivity index (χ2n) is 2.16. The molecule has 1 N–H and O–H groups in total. The Morgan fingerprint density at radius 2 is 1.75 bits per heavy atom. The van der Waals surface area contributed by atoms with Crippen molar-refractivity contribution in [2.45, 2.75) is 0 Å². The summed E-state index contributed by atoms with van der Waals surface area (Å²) in [6.07, 6.45) is 0. The number of methoxy groups -OCH3 is 2. The van der Waals surface area contributed by atoms with Gasteiger partial charge in [-0.1, -0.05) is 0 Å². The molecule has 0 aliphatic carbocycles. The van der Waals surface area contributed by atoms with Gasteiger partial charge in [0.2, 0.25) is 0 Å². The van der Waals surface area contributed by atoms with Crippen LogP contribution in [0.3, 0.4) is 0 Å². The fourth-order valence-electron chi connectivity index (χ4n) is 0.844. The Labute approximate surface area is 69.3 Å². The molecule has 1 aromatic rings. The number of phenols is 1. The molecule has 4 heteroatoms. The van der Waals surface area contributed by atoms with Crippen LogP contribution in [0.25, 0.3) is 0 Å². The molecule has 1 aromatic carbocycles. The van der Waals surface area contributed by atoms with Crippen molar-refractivity contribution in [3.8, 4) is 17.2 Å². The Kier molecular flexibility index (Phi) is 2.38. The van der Waals surface area contributed by atoms with Crippen molar-refractivity contribution < 1.29 is 19.0 Å². The molecule has 0 saturated heterocycles. The van der Waals surface area contributed by atoms with Gasteiger partial charge in [0.15, 0.2) is 23.1 Å². The van der Waals surface area contributed by atoms with Gasteiger partial charge in [-0.15, -0.1) is 0 Å². The van der Waals surface area contributed by atoms with Gasteiger partial charge >= 0.3 is 0 Å². The van der Waals surface area contributed by atoms with Gasteiger partial charge in [0.1, 0.15) is 0 Å². The maximum Gasteiger partial charge on any atom is 0.169 e. The summed E-state index contributed by atoms with van der Waals surface area (Å²) in [5, 5.41) is 9.18. The lowest BCUT2D eigenvalue weighted by Crippen LogP contribution is -1.90. The predicted molar refractivity (Wildman–Crippen MR) is 41.2 cm³/mol. The van der Waals surface area contributed by atoms with E-state index in [0.717, 1.165) is 12.1 Å². The maximum atomic E-state index is 12.9. The topological polar surface area (TPSA) is 38.7 Å². The third-order valence-electron chi connectivity index (χ3n) is 1.45. The summed E-state index contributed by atoms with van der Waals surface area (Å²) in [6.45, 7) is 0. The van der Waals surface area contributed by atoms with Crippen LogP contribution in [0.1, 0.15) is 0 Å². The van der Waals surface area contributed by atoms with Crippen LogP contribution >= 0.6 is 0 Å². The smallest absolute Gasteiger partial charge is 0.169 e.